The molecule has 5 nitrogen and oxygen atoms in total. The lowest BCUT2D eigenvalue weighted by Crippen LogP contribution is -2.21. The monoisotopic (exact) mass is 472 g/mol. The topological polar surface area (TPSA) is 62.7 Å². The van der Waals surface area contributed by atoms with Crippen molar-refractivity contribution in [1.29, 1.82) is 0 Å². The Bertz CT molecular complexity index is 1190. The molecular weight excluding hydrogens is 444 g/mol. The minimum absolute atomic E-state index is 0.138. The van der Waals surface area contributed by atoms with Crippen LogP contribution in [0.3, 0.4) is 0 Å². The molecule has 34 heavy (non-hydrogen) atoms. The highest BCUT2D eigenvalue weighted by atomic mass is 32.1. The Kier molecular flexibility index (Phi) is 7.94. The van der Waals surface area contributed by atoms with Crippen molar-refractivity contribution in [3.63, 3.8) is 0 Å². The molecule has 0 saturated heterocycles. The number of ether oxygens (including phenoxy) is 1. The highest BCUT2D eigenvalue weighted by molar-refractivity contribution is 7.14. The molecule has 1 heterocycles. The van der Waals surface area contributed by atoms with E-state index in [-0.39, 0.29) is 6.42 Å². The Morgan fingerprint density at radius 2 is 1.62 bits per heavy atom. The van der Waals surface area contributed by atoms with Gasteiger partial charge in [0.05, 0.1) is 5.69 Å². The van der Waals surface area contributed by atoms with Crippen LogP contribution in [0.2, 0.25) is 0 Å². The first-order chi connectivity index (χ1) is 16.6. The van der Waals surface area contributed by atoms with Gasteiger partial charge in [0.25, 0.3) is 0 Å². The molecule has 0 saturated carbocycles. The molecule has 0 fully saturated rings. The van der Waals surface area contributed by atoms with Gasteiger partial charge >= 0.3 is 5.97 Å². The van der Waals surface area contributed by atoms with Gasteiger partial charge in [-0.15, -0.1) is 11.3 Å². The molecule has 0 amide bonds. The molecule has 0 aliphatic carbocycles. The van der Waals surface area contributed by atoms with Crippen molar-refractivity contribution in [3.05, 3.63) is 101 Å². The van der Waals surface area contributed by atoms with Crippen molar-refractivity contribution in [3.8, 4) is 17.0 Å². The van der Waals surface area contributed by atoms with Crippen molar-refractivity contribution in [2.75, 3.05) is 11.4 Å². The van der Waals surface area contributed by atoms with E-state index in [1.54, 1.807) is 11.3 Å². The van der Waals surface area contributed by atoms with Crippen LogP contribution in [0.4, 0.5) is 5.13 Å². The number of carboxylic acid groups (broad SMARTS) is 1. The number of thiazole rings is 1. The zero-order valence-corrected chi connectivity index (χ0v) is 20.0. The van der Waals surface area contributed by atoms with E-state index in [9.17, 15) is 4.79 Å². The van der Waals surface area contributed by atoms with E-state index >= 15 is 0 Å². The van der Waals surface area contributed by atoms with E-state index < -0.39 is 5.97 Å². The molecule has 0 aliphatic rings. The Hall–Kier alpha value is -3.64. The third-order valence-corrected chi connectivity index (χ3v) is 6.47. The molecule has 6 heteroatoms. The van der Waals surface area contributed by atoms with Crippen LogP contribution in [0.1, 0.15) is 30.0 Å². The van der Waals surface area contributed by atoms with E-state index in [1.807, 2.05) is 42.5 Å². The van der Waals surface area contributed by atoms with Gasteiger partial charge in [0.1, 0.15) is 12.4 Å². The van der Waals surface area contributed by atoms with Crippen LogP contribution in [0.15, 0.2) is 84.2 Å². The quantitative estimate of drug-likeness (QED) is 0.272. The Labute approximate surface area is 204 Å². The molecule has 0 spiro atoms. The maximum Gasteiger partial charge on any atom is 0.303 e. The Morgan fingerprint density at radius 3 is 2.29 bits per heavy atom. The van der Waals surface area contributed by atoms with Crippen molar-refractivity contribution < 1.29 is 14.6 Å². The van der Waals surface area contributed by atoms with Crippen molar-refractivity contribution in [2.45, 2.75) is 32.9 Å². The van der Waals surface area contributed by atoms with Crippen LogP contribution in [0, 0.1) is 0 Å². The normalized spacial score (nSPS) is 10.7. The molecule has 1 N–H and O–H groups in total. The molecule has 1 aromatic heterocycles. The predicted octanol–water partition coefficient (Wildman–Crippen LogP) is 6.43. The van der Waals surface area contributed by atoms with Crippen molar-refractivity contribution in [2.24, 2.45) is 0 Å². The third-order valence-electron chi connectivity index (χ3n) is 5.57. The summed E-state index contributed by atoms with van der Waals surface area (Å²) in [6.07, 6.45) is 0.666. The van der Waals surface area contributed by atoms with Crippen LogP contribution in [-0.4, -0.2) is 22.6 Å². The van der Waals surface area contributed by atoms with E-state index in [2.05, 4.69) is 53.6 Å². The number of carbonyl (C=O) groups is 1. The van der Waals surface area contributed by atoms with Gasteiger partial charge in [-0.2, -0.15) is 0 Å². The summed E-state index contributed by atoms with van der Waals surface area (Å²) in [7, 11) is 0. The predicted molar refractivity (Wildman–Crippen MR) is 137 cm³/mol. The molecule has 0 aliphatic heterocycles. The molecule has 4 aromatic rings. The van der Waals surface area contributed by atoms with E-state index in [0.717, 1.165) is 46.4 Å². The lowest BCUT2D eigenvalue weighted by molar-refractivity contribution is -0.136. The summed E-state index contributed by atoms with van der Waals surface area (Å²) < 4.78 is 5.89. The summed E-state index contributed by atoms with van der Waals surface area (Å²) >= 11 is 1.68. The number of benzene rings is 3. The number of carboxylic acids is 1. The number of aryl methyl sites for hydroxylation is 1. The van der Waals surface area contributed by atoms with Gasteiger partial charge in [0.2, 0.25) is 0 Å². The van der Waals surface area contributed by atoms with Crippen LogP contribution in [-0.2, 0) is 24.4 Å². The fourth-order valence-corrected chi connectivity index (χ4v) is 4.50. The summed E-state index contributed by atoms with van der Waals surface area (Å²) in [6.45, 7) is 4.32. The Balaban J connectivity index is 1.31. The van der Waals surface area contributed by atoms with Crippen molar-refractivity contribution in [1.82, 2.24) is 4.98 Å². The lowest BCUT2D eigenvalue weighted by atomic mass is 10.1. The van der Waals surface area contributed by atoms with Gasteiger partial charge in [0, 0.05) is 30.5 Å². The molecule has 0 bridgehead atoms. The second-order valence-electron chi connectivity index (χ2n) is 8.04. The number of rotatable bonds is 11. The van der Waals surface area contributed by atoms with E-state index in [0.29, 0.717) is 13.0 Å². The summed E-state index contributed by atoms with van der Waals surface area (Å²) in [6, 6.07) is 26.4. The number of hydrogen-bond donors (Lipinski definition) is 1. The summed E-state index contributed by atoms with van der Waals surface area (Å²) in [5.41, 5.74) is 5.48. The molecule has 4 rings (SSSR count). The van der Waals surface area contributed by atoms with Crippen LogP contribution >= 0.6 is 11.3 Å². The highest BCUT2D eigenvalue weighted by Gasteiger charge is 2.11. The number of aromatic nitrogens is 1. The fourth-order valence-electron chi connectivity index (χ4n) is 3.60. The maximum absolute atomic E-state index is 10.7. The van der Waals surface area contributed by atoms with Crippen molar-refractivity contribution >= 4 is 22.4 Å². The van der Waals surface area contributed by atoms with Gasteiger partial charge in [-0.3, -0.25) is 4.79 Å². The van der Waals surface area contributed by atoms with Gasteiger partial charge in [-0.25, -0.2) is 4.98 Å². The SMILES string of the molecule is CCN(Cc1ccc(COc2ccc(CCC(=O)O)cc2)cc1)c1nc(-c2ccccc2)cs1. The van der Waals surface area contributed by atoms with Crippen LogP contribution < -0.4 is 9.64 Å². The first kappa shape index (κ1) is 23.5. The fraction of sp³-hybridized carbons (Fsp3) is 0.214. The lowest BCUT2D eigenvalue weighted by Gasteiger charge is -2.20. The number of aliphatic carboxylic acids is 1. The molecule has 0 radical (unpaired) electrons. The third kappa shape index (κ3) is 6.45. The first-order valence-corrected chi connectivity index (χ1v) is 12.3. The second kappa shape index (κ2) is 11.5. The second-order valence-corrected chi connectivity index (χ2v) is 8.87. The van der Waals surface area contributed by atoms with Gasteiger partial charge in [-0.1, -0.05) is 66.7 Å². The van der Waals surface area contributed by atoms with Gasteiger partial charge in [0.15, 0.2) is 5.13 Å². The number of anilines is 1. The minimum atomic E-state index is -0.783. The molecule has 174 valence electrons. The maximum atomic E-state index is 10.7. The molecular formula is C28H28N2O3S. The van der Waals surface area contributed by atoms with E-state index in [1.165, 1.54) is 5.56 Å². The molecule has 0 unspecified atom stereocenters. The number of nitrogens with zero attached hydrogens (tertiary/aromatic N) is 2. The standard InChI is InChI=1S/C28H28N2O3S/c1-2-30(28-29-26(20-34-28)24-6-4-3-5-7-24)18-22-8-10-23(11-9-22)19-33-25-15-12-21(13-16-25)14-17-27(31)32/h3-13,15-16,20H,2,14,17-19H2,1H3,(H,31,32). The summed E-state index contributed by atoms with van der Waals surface area (Å²) in [5.74, 6) is -0.00674. The summed E-state index contributed by atoms with van der Waals surface area (Å²) in [5, 5.41) is 11.9. The number of hydrogen-bond acceptors (Lipinski definition) is 5. The Morgan fingerprint density at radius 1 is 0.941 bits per heavy atom. The average Bonchev–Trinajstić information content (AvgIpc) is 3.37. The average molecular weight is 473 g/mol. The van der Waals surface area contributed by atoms with E-state index in [4.69, 9.17) is 14.8 Å². The zero-order valence-electron chi connectivity index (χ0n) is 19.2. The smallest absolute Gasteiger partial charge is 0.303 e. The highest BCUT2D eigenvalue weighted by Crippen LogP contribution is 2.28. The molecule has 0 atom stereocenters. The summed E-state index contributed by atoms with van der Waals surface area (Å²) in [4.78, 5) is 17.8. The molecule has 3 aromatic carbocycles. The minimum Gasteiger partial charge on any atom is -0.489 e. The van der Waals surface area contributed by atoms with Crippen LogP contribution in [0.25, 0.3) is 11.3 Å². The zero-order chi connectivity index (χ0) is 23.8. The largest absolute Gasteiger partial charge is 0.489 e. The first-order valence-electron chi connectivity index (χ1n) is 11.4. The van der Waals surface area contributed by atoms with Gasteiger partial charge in [-0.05, 0) is 42.2 Å². The van der Waals surface area contributed by atoms with Gasteiger partial charge < -0.3 is 14.7 Å². The van der Waals surface area contributed by atoms with Crippen LogP contribution in [0.5, 0.6) is 5.75 Å².